The molecule has 0 fully saturated rings. The molecule has 118 valence electrons. The van der Waals surface area contributed by atoms with Crippen molar-refractivity contribution in [3.05, 3.63) is 68.5 Å². The Hall–Kier alpha value is -2.47. The van der Waals surface area contributed by atoms with Crippen LogP contribution in [0.2, 0.25) is 5.02 Å². The average molecular weight is 335 g/mol. The van der Waals surface area contributed by atoms with Crippen molar-refractivity contribution in [2.24, 2.45) is 0 Å². The van der Waals surface area contributed by atoms with E-state index in [1.54, 1.807) is 6.07 Å². The number of nitro groups is 1. The topological polar surface area (TPSA) is 63.4 Å². The highest BCUT2D eigenvalue weighted by atomic mass is 35.5. The molecule has 0 radical (unpaired) electrons. The summed E-state index contributed by atoms with van der Waals surface area (Å²) in [7, 11) is 0. The molecule has 0 saturated carbocycles. The van der Waals surface area contributed by atoms with Gasteiger partial charge >= 0.3 is 0 Å². The number of fused-ring (bicyclic) bond motifs is 1. The van der Waals surface area contributed by atoms with Gasteiger partial charge in [-0.15, -0.1) is 0 Å². The molecular weight excluding hydrogens is 323 g/mol. The first-order valence-electron chi connectivity index (χ1n) is 7.01. The molecule has 23 heavy (non-hydrogen) atoms. The fourth-order valence-corrected chi connectivity index (χ4v) is 2.96. The molecule has 1 amide bonds. The van der Waals surface area contributed by atoms with Crippen LogP contribution in [0.3, 0.4) is 0 Å². The SMILES string of the molecule is O=C(c1ccc([N+](=O)[O-])cc1)N1CCCc2cc(Cl)cc(F)c21. The number of benzene rings is 2. The molecule has 5 nitrogen and oxygen atoms in total. The van der Waals surface area contributed by atoms with Gasteiger partial charge in [0, 0.05) is 29.3 Å². The molecule has 0 aromatic heterocycles. The molecule has 0 aliphatic carbocycles. The Kier molecular flexibility index (Phi) is 4.00. The molecule has 0 saturated heterocycles. The number of non-ortho nitro benzene ring substituents is 1. The molecule has 1 aliphatic heterocycles. The lowest BCUT2D eigenvalue weighted by Gasteiger charge is -2.30. The molecule has 0 bridgehead atoms. The van der Waals surface area contributed by atoms with Gasteiger partial charge in [0.1, 0.15) is 5.82 Å². The molecule has 0 N–H and O–H groups in total. The van der Waals surface area contributed by atoms with E-state index in [4.69, 9.17) is 11.6 Å². The summed E-state index contributed by atoms with van der Waals surface area (Å²) in [5, 5.41) is 11.0. The molecule has 2 aromatic rings. The van der Waals surface area contributed by atoms with Crippen LogP contribution in [-0.2, 0) is 6.42 Å². The van der Waals surface area contributed by atoms with Crippen LogP contribution in [-0.4, -0.2) is 17.4 Å². The zero-order chi connectivity index (χ0) is 16.6. The first-order chi connectivity index (χ1) is 11.0. The second kappa shape index (κ2) is 5.96. The van der Waals surface area contributed by atoms with Crippen molar-refractivity contribution in [2.75, 3.05) is 11.4 Å². The second-order valence-electron chi connectivity index (χ2n) is 5.26. The lowest BCUT2D eigenvalue weighted by Crippen LogP contribution is -2.36. The third kappa shape index (κ3) is 2.90. The van der Waals surface area contributed by atoms with Crippen molar-refractivity contribution in [1.82, 2.24) is 0 Å². The van der Waals surface area contributed by atoms with E-state index >= 15 is 0 Å². The van der Waals surface area contributed by atoms with E-state index in [0.717, 1.165) is 0 Å². The summed E-state index contributed by atoms with van der Waals surface area (Å²) in [4.78, 5) is 24.1. The Morgan fingerprint density at radius 3 is 2.61 bits per heavy atom. The fourth-order valence-electron chi connectivity index (χ4n) is 2.74. The van der Waals surface area contributed by atoms with Crippen LogP contribution in [0.1, 0.15) is 22.3 Å². The lowest BCUT2D eigenvalue weighted by molar-refractivity contribution is -0.384. The van der Waals surface area contributed by atoms with Gasteiger partial charge in [0.05, 0.1) is 10.6 Å². The summed E-state index contributed by atoms with van der Waals surface area (Å²) in [5.41, 5.74) is 1.11. The second-order valence-corrected chi connectivity index (χ2v) is 5.70. The number of anilines is 1. The molecule has 2 aromatic carbocycles. The molecule has 1 heterocycles. The number of carbonyl (C=O) groups is 1. The van der Waals surface area contributed by atoms with E-state index in [9.17, 15) is 19.3 Å². The Labute approximate surface area is 136 Å². The van der Waals surface area contributed by atoms with Crippen LogP contribution in [0.15, 0.2) is 36.4 Å². The number of nitro benzene ring substituents is 1. The van der Waals surface area contributed by atoms with Gasteiger partial charge in [-0.1, -0.05) is 11.6 Å². The Bertz CT molecular complexity index is 793. The summed E-state index contributed by atoms with van der Waals surface area (Å²) in [6, 6.07) is 8.12. The van der Waals surface area contributed by atoms with Crippen LogP contribution in [0.4, 0.5) is 15.8 Å². The number of aryl methyl sites for hydroxylation is 1. The maximum absolute atomic E-state index is 14.3. The molecular formula is C16H12ClFN2O3. The van der Waals surface area contributed by atoms with Crippen molar-refractivity contribution >= 4 is 28.9 Å². The van der Waals surface area contributed by atoms with Gasteiger partial charge in [-0.05, 0) is 42.7 Å². The number of nitrogens with zero attached hydrogens (tertiary/aromatic N) is 2. The largest absolute Gasteiger partial charge is 0.305 e. The third-order valence-electron chi connectivity index (χ3n) is 3.78. The summed E-state index contributed by atoms with van der Waals surface area (Å²) in [6.45, 7) is 0.390. The summed E-state index contributed by atoms with van der Waals surface area (Å²) < 4.78 is 14.3. The number of hydrogen-bond donors (Lipinski definition) is 0. The van der Waals surface area contributed by atoms with Gasteiger partial charge < -0.3 is 4.90 Å². The van der Waals surface area contributed by atoms with E-state index in [1.165, 1.54) is 35.2 Å². The Morgan fingerprint density at radius 1 is 1.26 bits per heavy atom. The highest BCUT2D eigenvalue weighted by Gasteiger charge is 2.27. The van der Waals surface area contributed by atoms with Crippen LogP contribution >= 0.6 is 11.6 Å². The summed E-state index contributed by atoms with van der Waals surface area (Å²) >= 11 is 5.87. The zero-order valence-electron chi connectivity index (χ0n) is 12.0. The van der Waals surface area contributed by atoms with Crippen molar-refractivity contribution < 1.29 is 14.1 Å². The number of amides is 1. The fraction of sp³-hybridized carbons (Fsp3) is 0.188. The van der Waals surface area contributed by atoms with E-state index in [0.29, 0.717) is 30.0 Å². The quantitative estimate of drug-likeness (QED) is 0.616. The standard InChI is InChI=1S/C16H12ClFN2O3/c17-12-8-11-2-1-7-19(15(11)14(18)9-12)16(21)10-3-5-13(6-4-10)20(22)23/h3-6,8-9H,1-2,7H2. The molecule has 3 rings (SSSR count). The Morgan fingerprint density at radius 2 is 1.96 bits per heavy atom. The van der Waals surface area contributed by atoms with Gasteiger partial charge in [-0.2, -0.15) is 0 Å². The first-order valence-corrected chi connectivity index (χ1v) is 7.39. The minimum Gasteiger partial charge on any atom is -0.305 e. The predicted molar refractivity (Wildman–Crippen MR) is 84.5 cm³/mol. The summed E-state index contributed by atoms with van der Waals surface area (Å²) in [6.07, 6.45) is 1.35. The predicted octanol–water partition coefficient (Wildman–Crippen LogP) is 3.98. The number of hydrogen-bond acceptors (Lipinski definition) is 3. The number of halogens is 2. The van der Waals surface area contributed by atoms with Gasteiger partial charge in [0.25, 0.3) is 11.6 Å². The van der Waals surface area contributed by atoms with E-state index in [2.05, 4.69) is 0 Å². The van der Waals surface area contributed by atoms with Gasteiger partial charge in [0.15, 0.2) is 0 Å². The Balaban J connectivity index is 1.97. The van der Waals surface area contributed by atoms with Gasteiger partial charge in [-0.25, -0.2) is 4.39 Å². The monoisotopic (exact) mass is 334 g/mol. The van der Waals surface area contributed by atoms with E-state index < -0.39 is 10.7 Å². The molecule has 0 spiro atoms. The maximum Gasteiger partial charge on any atom is 0.269 e. The highest BCUT2D eigenvalue weighted by molar-refractivity contribution is 6.30. The molecule has 0 unspecified atom stereocenters. The number of carbonyl (C=O) groups excluding carboxylic acids is 1. The third-order valence-corrected chi connectivity index (χ3v) is 3.99. The molecule has 7 heteroatoms. The minimum atomic E-state index is -0.539. The van der Waals surface area contributed by atoms with E-state index in [-0.39, 0.29) is 22.8 Å². The van der Waals surface area contributed by atoms with E-state index in [1.807, 2.05) is 0 Å². The van der Waals surface area contributed by atoms with Crippen LogP contribution < -0.4 is 4.90 Å². The highest BCUT2D eigenvalue weighted by Crippen LogP contribution is 2.33. The zero-order valence-corrected chi connectivity index (χ0v) is 12.7. The van der Waals surface area contributed by atoms with Crippen molar-refractivity contribution in [1.29, 1.82) is 0 Å². The first kappa shape index (κ1) is 15.4. The number of rotatable bonds is 2. The van der Waals surface area contributed by atoms with Gasteiger partial charge in [0.2, 0.25) is 0 Å². The lowest BCUT2D eigenvalue weighted by atomic mass is 10.00. The van der Waals surface area contributed by atoms with Crippen molar-refractivity contribution in [3.8, 4) is 0 Å². The van der Waals surface area contributed by atoms with Crippen molar-refractivity contribution in [2.45, 2.75) is 12.8 Å². The maximum atomic E-state index is 14.3. The summed E-state index contributed by atoms with van der Waals surface area (Å²) in [5.74, 6) is -0.926. The smallest absolute Gasteiger partial charge is 0.269 e. The van der Waals surface area contributed by atoms with Gasteiger partial charge in [-0.3, -0.25) is 14.9 Å². The van der Waals surface area contributed by atoms with Crippen molar-refractivity contribution in [3.63, 3.8) is 0 Å². The molecule has 1 aliphatic rings. The van der Waals surface area contributed by atoms with Crippen LogP contribution in [0, 0.1) is 15.9 Å². The normalized spacial score (nSPS) is 13.6. The average Bonchev–Trinajstić information content (AvgIpc) is 2.53. The molecule has 0 atom stereocenters. The van der Waals surface area contributed by atoms with Crippen LogP contribution in [0.5, 0.6) is 0 Å². The minimum absolute atomic E-state index is 0.0986. The van der Waals surface area contributed by atoms with Crippen LogP contribution in [0.25, 0.3) is 0 Å².